The maximum absolute atomic E-state index is 4.38. The zero-order valence-electron chi connectivity index (χ0n) is 10.3. The van der Waals surface area contributed by atoms with Gasteiger partial charge in [-0.05, 0) is 12.8 Å². The average molecular weight is 224 g/mol. The molecule has 1 saturated heterocycles. The van der Waals surface area contributed by atoms with Gasteiger partial charge in [-0.1, -0.05) is 36.8 Å². The Bertz CT molecular complexity index is 278. The van der Waals surface area contributed by atoms with Crippen LogP contribution in [0.5, 0.6) is 0 Å². The van der Waals surface area contributed by atoms with Crippen LogP contribution in [0.25, 0.3) is 0 Å². The Hall–Kier alpha value is -0.115. The molecule has 3 atom stereocenters. The zero-order chi connectivity index (χ0) is 11.1. The molecule has 0 amide bonds. The molecule has 1 aliphatic heterocycles. The highest BCUT2D eigenvalue weighted by atomic mass is 32.2. The predicted molar refractivity (Wildman–Crippen MR) is 71.7 cm³/mol. The molecule has 0 aromatic carbocycles. The molecular weight excluding hydrogens is 203 g/mol. The fraction of sp³-hybridized carbons (Fsp3) is 0.909. The third-order valence-corrected chi connectivity index (χ3v) is 5.25. The van der Waals surface area contributed by atoms with Crippen LogP contribution in [-0.4, -0.2) is 43.3 Å². The standard InChI is InChI=1S/C11H21BN2S/c1-11(12)6-4-5-8-9(7-11)15-10(13-2)14(8)3/h8-9H,4-7,12H2,1-3H3/b13-10+. The van der Waals surface area contributed by atoms with E-state index in [2.05, 4.69) is 31.7 Å². The first-order chi connectivity index (χ1) is 7.03. The molecule has 0 bridgehead atoms. The lowest BCUT2D eigenvalue weighted by atomic mass is 9.65. The van der Waals surface area contributed by atoms with E-state index in [0.29, 0.717) is 5.31 Å². The molecule has 4 heteroatoms. The third-order valence-electron chi connectivity index (χ3n) is 3.78. The first-order valence-electron chi connectivity index (χ1n) is 5.90. The summed E-state index contributed by atoms with van der Waals surface area (Å²) in [5, 5.41) is 2.53. The van der Waals surface area contributed by atoms with Crippen LogP contribution in [0.15, 0.2) is 4.99 Å². The van der Waals surface area contributed by atoms with Crippen LogP contribution in [0.3, 0.4) is 0 Å². The van der Waals surface area contributed by atoms with Gasteiger partial charge >= 0.3 is 0 Å². The van der Waals surface area contributed by atoms with E-state index in [9.17, 15) is 0 Å². The highest BCUT2D eigenvalue weighted by molar-refractivity contribution is 8.14. The molecule has 0 aromatic heterocycles. The maximum Gasteiger partial charge on any atom is 0.159 e. The van der Waals surface area contributed by atoms with E-state index in [1.165, 1.54) is 30.9 Å². The molecule has 15 heavy (non-hydrogen) atoms. The third kappa shape index (κ3) is 2.20. The van der Waals surface area contributed by atoms with Crippen LogP contribution in [-0.2, 0) is 0 Å². The van der Waals surface area contributed by atoms with Gasteiger partial charge in [0.2, 0.25) is 0 Å². The van der Waals surface area contributed by atoms with Crippen molar-refractivity contribution in [3.8, 4) is 0 Å². The minimum absolute atomic E-state index is 0.524. The Balaban J connectivity index is 2.16. The van der Waals surface area contributed by atoms with Crippen molar-refractivity contribution >= 4 is 24.8 Å². The summed E-state index contributed by atoms with van der Waals surface area (Å²) < 4.78 is 0. The van der Waals surface area contributed by atoms with Gasteiger partial charge in [0.15, 0.2) is 5.17 Å². The van der Waals surface area contributed by atoms with Gasteiger partial charge in [0.25, 0.3) is 0 Å². The molecule has 1 saturated carbocycles. The second kappa shape index (κ2) is 4.04. The smallest absolute Gasteiger partial charge is 0.159 e. The number of hydrogen-bond acceptors (Lipinski definition) is 2. The van der Waals surface area contributed by atoms with E-state index < -0.39 is 0 Å². The summed E-state index contributed by atoms with van der Waals surface area (Å²) in [6, 6.07) is 0.732. The summed E-state index contributed by atoms with van der Waals surface area (Å²) >= 11 is 1.99. The first kappa shape index (κ1) is 11.4. The molecule has 0 spiro atoms. The number of fused-ring (bicyclic) bond motifs is 1. The molecule has 1 aliphatic carbocycles. The van der Waals surface area contributed by atoms with Crippen molar-refractivity contribution < 1.29 is 0 Å². The van der Waals surface area contributed by atoms with Crippen LogP contribution in [0.1, 0.15) is 32.6 Å². The Kier molecular flexibility index (Phi) is 3.06. The van der Waals surface area contributed by atoms with Crippen LogP contribution in [0, 0.1) is 0 Å². The lowest BCUT2D eigenvalue weighted by molar-refractivity contribution is 0.354. The predicted octanol–water partition coefficient (Wildman–Crippen LogP) is 1.77. The Labute approximate surface area is 98.3 Å². The molecule has 0 N–H and O–H groups in total. The molecule has 2 nitrogen and oxygen atoms in total. The van der Waals surface area contributed by atoms with E-state index >= 15 is 0 Å². The number of nitrogens with zero attached hydrogens (tertiary/aromatic N) is 2. The summed E-state index contributed by atoms with van der Waals surface area (Å²) in [4.78, 5) is 6.78. The Morgan fingerprint density at radius 2 is 2.33 bits per heavy atom. The van der Waals surface area contributed by atoms with E-state index in [0.717, 1.165) is 11.3 Å². The Morgan fingerprint density at radius 3 is 3.00 bits per heavy atom. The van der Waals surface area contributed by atoms with Gasteiger partial charge in [0.1, 0.15) is 7.85 Å². The summed E-state index contributed by atoms with van der Waals surface area (Å²) in [6.07, 6.45) is 5.44. The van der Waals surface area contributed by atoms with E-state index in [1.54, 1.807) is 0 Å². The van der Waals surface area contributed by atoms with Crippen molar-refractivity contribution in [1.29, 1.82) is 0 Å². The van der Waals surface area contributed by atoms with Gasteiger partial charge in [0.05, 0.1) is 0 Å². The maximum atomic E-state index is 4.38. The van der Waals surface area contributed by atoms with Gasteiger partial charge in [0, 0.05) is 25.4 Å². The van der Waals surface area contributed by atoms with Crippen LogP contribution in [0.2, 0.25) is 5.31 Å². The molecular formula is C11H21BN2S. The molecule has 0 radical (unpaired) electrons. The van der Waals surface area contributed by atoms with Gasteiger partial charge in [-0.15, -0.1) is 0 Å². The number of aliphatic imine (C=N–C) groups is 1. The molecule has 84 valence electrons. The van der Waals surface area contributed by atoms with Gasteiger partial charge < -0.3 is 4.90 Å². The fourth-order valence-corrected chi connectivity index (χ4v) is 4.58. The SMILES string of the molecule is BC1(C)CCCC2C(C1)S/C(=N/C)N2C. The van der Waals surface area contributed by atoms with Crippen molar-refractivity contribution in [2.45, 2.75) is 49.2 Å². The highest BCUT2D eigenvalue weighted by Crippen LogP contribution is 2.46. The molecule has 2 fully saturated rings. The summed E-state index contributed by atoms with van der Waals surface area (Å²) in [6.45, 7) is 2.41. The monoisotopic (exact) mass is 224 g/mol. The lowest BCUT2D eigenvalue weighted by Gasteiger charge is -2.26. The number of thioether (sulfide) groups is 1. The van der Waals surface area contributed by atoms with Crippen molar-refractivity contribution in [2.24, 2.45) is 4.99 Å². The molecule has 2 aliphatic rings. The topological polar surface area (TPSA) is 15.6 Å². The normalized spacial score (nSPS) is 44.2. The Morgan fingerprint density at radius 1 is 1.60 bits per heavy atom. The van der Waals surface area contributed by atoms with Crippen molar-refractivity contribution in [1.82, 2.24) is 4.90 Å². The van der Waals surface area contributed by atoms with Crippen molar-refractivity contribution in [3.05, 3.63) is 0 Å². The van der Waals surface area contributed by atoms with E-state index in [4.69, 9.17) is 0 Å². The summed E-state index contributed by atoms with van der Waals surface area (Å²) in [5.74, 6) is 0. The summed E-state index contributed by atoms with van der Waals surface area (Å²) in [5.41, 5.74) is 0. The minimum atomic E-state index is 0.524. The van der Waals surface area contributed by atoms with Gasteiger partial charge in [-0.25, -0.2) is 0 Å². The van der Waals surface area contributed by atoms with Crippen LogP contribution >= 0.6 is 11.8 Å². The first-order valence-corrected chi connectivity index (χ1v) is 6.78. The van der Waals surface area contributed by atoms with E-state index in [-0.39, 0.29) is 0 Å². The van der Waals surface area contributed by atoms with Gasteiger partial charge in [-0.3, -0.25) is 4.99 Å². The van der Waals surface area contributed by atoms with E-state index in [1.807, 2.05) is 18.8 Å². The van der Waals surface area contributed by atoms with Crippen molar-refractivity contribution in [3.63, 3.8) is 0 Å². The highest BCUT2D eigenvalue weighted by Gasteiger charge is 2.41. The molecule has 2 rings (SSSR count). The lowest BCUT2D eigenvalue weighted by Crippen LogP contribution is -2.33. The quantitative estimate of drug-likeness (QED) is 0.583. The largest absolute Gasteiger partial charge is 0.350 e. The number of hydrogen-bond donors (Lipinski definition) is 0. The fourth-order valence-electron chi connectivity index (χ4n) is 2.89. The van der Waals surface area contributed by atoms with Crippen LogP contribution in [0.4, 0.5) is 0 Å². The second-order valence-electron chi connectivity index (χ2n) is 5.60. The number of amidine groups is 1. The van der Waals surface area contributed by atoms with Crippen molar-refractivity contribution in [2.75, 3.05) is 14.1 Å². The summed E-state index contributed by atoms with van der Waals surface area (Å²) in [7, 11) is 6.53. The number of rotatable bonds is 0. The molecule has 3 unspecified atom stereocenters. The second-order valence-corrected chi connectivity index (χ2v) is 6.81. The zero-order valence-corrected chi connectivity index (χ0v) is 11.1. The molecule has 1 heterocycles. The average Bonchev–Trinajstić information content (AvgIpc) is 2.37. The molecule has 0 aromatic rings. The minimum Gasteiger partial charge on any atom is -0.350 e. The van der Waals surface area contributed by atoms with Crippen LogP contribution < -0.4 is 0 Å². The van der Waals surface area contributed by atoms with Gasteiger partial charge in [-0.2, -0.15) is 0 Å².